The van der Waals surface area contributed by atoms with Gasteiger partial charge in [-0.05, 0) is 31.9 Å². The van der Waals surface area contributed by atoms with Gasteiger partial charge in [-0.2, -0.15) is 0 Å². The second kappa shape index (κ2) is 7.17. The molecule has 1 rings (SSSR count). The van der Waals surface area contributed by atoms with Crippen LogP contribution in [-0.2, 0) is 0 Å². The van der Waals surface area contributed by atoms with Gasteiger partial charge in [0.25, 0.3) is 0 Å². The lowest BCUT2D eigenvalue weighted by atomic mass is 9.93. The van der Waals surface area contributed by atoms with E-state index < -0.39 is 0 Å². The highest BCUT2D eigenvalue weighted by molar-refractivity contribution is 5.97. The van der Waals surface area contributed by atoms with Crippen LogP contribution in [0, 0.1) is 5.92 Å². The molecule has 0 spiro atoms. The molecule has 0 bridgehead atoms. The van der Waals surface area contributed by atoms with Crippen molar-refractivity contribution in [3.05, 3.63) is 29.8 Å². The fraction of sp³-hybridized carbons (Fsp3) is 0.533. The van der Waals surface area contributed by atoms with Crippen LogP contribution in [0.15, 0.2) is 24.3 Å². The minimum Gasteiger partial charge on any atom is -0.497 e. The van der Waals surface area contributed by atoms with Crippen molar-refractivity contribution in [3.63, 3.8) is 0 Å². The molecular weight excluding hydrogens is 226 g/mol. The van der Waals surface area contributed by atoms with Crippen molar-refractivity contribution in [1.82, 2.24) is 0 Å². The van der Waals surface area contributed by atoms with Gasteiger partial charge in [0.15, 0.2) is 5.78 Å². The first-order valence-corrected chi connectivity index (χ1v) is 6.48. The highest BCUT2D eigenvalue weighted by atomic mass is 16.5. The summed E-state index contributed by atoms with van der Waals surface area (Å²) in [5.41, 5.74) is 6.43. The average molecular weight is 249 g/mol. The zero-order chi connectivity index (χ0) is 13.5. The molecule has 3 nitrogen and oxygen atoms in total. The van der Waals surface area contributed by atoms with Crippen molar-refractivity contribution in [3.8, 4) is 5.75 Å². The number of hydrogen-bond donors (Lipinski definition) is 1. The third kappa shape index (κ3) is 4.49. The zero-order valence-corrected chi connectivity index (χ0v) is 11.5. The maximum Gasteiger partial charge on any atom is 0.165 e. The molecule has 0 fully saturated rings. The molecule has 100 valence electrons. The Balaban J connectivity index is 2.56. The topological polar surface area (TPSA) is 52.3 Å². The van der Waals surface area contributed by atoms with Gasteiger partial charge < -0.3 is 10.5 Å². The number of nitrogens with two attached hydrogens (primary N) is 1. The molecule has 3 heteroatoms. The number of Topliss-reactive ketones (excluding diaryl/α,β-unsaturated/α-hetero) is 1. The van der Waals surface area contributed by atoms with Crippen LogP contribution in [0.4, 0.5) is 0 Å². The van der Waals surface area contributed by atoms with Crippen LogP contribution in [-0.4, -0.2) is 18.9 Å². The summed E-state index contributed by atoms with van der Waals surface area (Å²) in [6.45, 7) is 3.97. The Morgan fingerprint density at radius 1 is 1.33 bits per heavy atom. The van der Waals surface area contributed by atoms with E-state index in [0.717, 1.165) is 30.6 Å². The molecule has 0 radical (unpaired) electrons. The predicted octanol–water partition coefficient (Wildman–Crippen LogP) is 3.03. The van der Waals surface area contributed by atoms with E-state index in [9.17, 15) is 4.79 Å². The van der Waals surface area contributed by atoms with Crippen LogP contribution in [0.1, 0.15) is 43.5 Å². The van der Waals surface area contributed by atoms with E-state index in [-0.39, 0.29) is 17.7 Å². The largest absolute Gasteiger partial charge is 0.497 e. The lowest BCUT2D eigenvalue weighted by Crippen LogP contribution is -2.16. The Morgan fingerprint density at radius 3 is 2.67 bits per heavy atom. The minimum atomic E-state index is 0.0378. The van der Waals surface area contributed by atoms with Crippen LogP contribution in [0.2, 0.25) is 0 Å². The summed E-state index contributed by atoms with van der Waals surface area (Å²) in [5, 5.41) is 0. The molecule has 0 aliphatic heterocycles. The van der Waals surface area contributed by atoms with Crippen molar-refractivity contribution in [2.24, 2.45) is 11.7 Å². The van der Waals surface area contributed by atoms with E-state index in [1.54, 1.807) is 13.2 Å². The van der Waals surface area contributed by atoms with Crippen molar-refractivity contribution in [2.75, 3.05) is 7.11 Å². The normalized spacial score (nSPS) is 14.0. The van der Waals surface area contributed by atoms with E-state index in [4.69, 9.17) is 10.5 Å². The smallest absolute Gasteiger partial charge is 0.165 e. The van der Waals surface area contributed by atoms with E-state index >= 15 is 0 Å². The molecule has 0 aromatic heterocycles. The Bertz CT molecular complexity index is 388. The molecule has 0 heterocycles. The minimum absolute atomic E-state index is 0.0378. The van der Waals surface area contributed by atoms with Crippen molar-refractivity contribution >= 4 is 5.78 Å². The summed E-state index contributed by atoms with van der Waals surface area (Å²) >= 11 is 0. The summed E-state index contributed by atoms with van der Waals surface area (Å²) in [7, 11) is 1.61. The SMILES string of the molecule is COc1cccc(C(=O)C(C)CCCC(C)N)c1. The lowest BCUT2D eigenvalue weighted by Gasteiger charge is -2.12. The first kappa shape index (κ1) is 14.7. The van der Waals surface area contributed by atoms with Crippen LogP contribution < -0.4 is 10.5 Å². The van der Waals surface area contributed by atoms with E-state index in [1.807, 2.05) is 32.0 Å². The molecule has 0 amide bonds. The third-order valence-corrected chi connectivity index (χ3v) is 3.10. The second-order valence-electron chi connectivity index (χ2n) is 4.91. The van der Waals surface area contributed by atoms with Crippen molar-refractivity contribution in [1.29, 1.82) is 0 Å². The van der Waals surface area contributed by atoms with Gasteiger partial charge in [-0.3, -0.25) is 4.79 Å². The molecule has 0 saturated heterocycles. The number of methoxy groups -OCH3 is 1. The fourth-order valence-electron chi connectivity index (χ4n) is 1.94. The maximum atomic E-state index is 12.2. The second-order valence-corrected chi connectivity index (χ2v) is 4.91. The van der Waals surface area contributed by atoms with Crippen LogP contribution in [0.5, 0.6) is 5.75 Å². The van der Waals surface area contributed by atoms with Gasteiger partial charge in [0.2, 0.25) is 0 Å². The summed E-state index contributed by atoms with van der Waals surface area (Å²) < 4.78 is 5.13. The molecule has 2 N–H and O–H groups in total. The van der Waals surface area contributed by atoms with Gasteiger partial charge >= 0.3 is 0 Å². The molecule has 18 heavy (non-hydrogen) atoms. The van der Waals surface area contributed by atoms with E-state index in [0.29, 0.717) is 0 Å². The number of benzene rings is 1. The number of carbonyl (C=O) groups excluding carboxylic acids is 1. The van der Waals surface area contributed by atoms with Crippen LogP contribution >= 0.6 is 0 Å². The Labute approximate surface area is 109 Å². The number of hydrogen-bond acceptors (Lipinski definition) is 3. The highest BCUT2D eigenvalue weighted by Crippen LogP contribution is 2.19. The first-order valence-electron chi connectivity index (χ1n) is 6.48. The Morgan fingerprint density at radius 2 is 2.06 bits per heavy atom. The fourth-order valence-corrected chi connectivity index (χ4v) is 1.94. The number of carbonyl (C=O) groups is 1. The number of ether oxygens (including phenoxy) is 1. The summed E-state index contributed by atoms with van der Waals surface area (Å²) in [4.78, 5) is 12.2. The average Bonchev–Trinajstić information content (AvgIpc) is 2.37. The molecule has 0 aliphatic rings. The molecule has 2 atom stereocenters. The van der Waals surface area contributed by atoms with Crippen LogP contribution in [0.25, 0.3) is 0 Å². The maximum absolute atomic E-state index is 12.2. The van der Waals surface area contributed by atoms with Gasteiger partial charge in [0, 0.05) is 17.5 Å². The van der Waals surface area contributed by atoms with Gasteiger partial charge in [-0.15, -0.1) is 0 Å². The molecular formula is C15H23NO2. The van der Waals surface area contributed by atoms with E-state index in [1.165, 1.54) is 0 Å². The van der Waals surface area contributed by atoms with Gasteiger partial charge in [-0.25, -0.2) is 0 Å². The van der Waals surface area contributed by atoms with Gasteiger partial charge in [-0.1, -0.05) is 25.5 Å². The van der Waals surface area contributed by atoms with E-state index in [2.05, 4.69) is 0 Å². The Hall–Kier alpha value is -1.35. The standard InChI is InChI=1S/C15H23NO2/c1-11(6-4-7-12(2)16)15(17)13-8-5-9-14(10-13)18-3/h5,8-12H,4,6-7,16H2,1-3H3. The lowest BCUT2D eigenvalue weighted by molar-refractivity contribution is 0.0921. The van der Waals surface area contributed by atoms with Gasteiger partial charge in [0.1, 0.15) is 5.75 Å². The summed E-state index contributed by atoms with van der Waals surface area (Å²) in [5.74, 6) is 0.943. The molecule has 0 saturated carbocycles. The Kier molecular flexibility index (Phi) is 5.86. The molecule has 2 unspecified atom stereocenters. The predicted molar refractivity (Wildman–Crippen MR) is 74.0 cm³/mol. The molecule has 1 aromatic carbocycles. The van der Waals surface area contributed by atoms with Gasteiger partial charge in [0.05, 0.1) is 7.11 Å². The number of rotatable bonds is 7. The third-order valence-electron chi connectivity index (χ3n) is 3.10. The molecule has 1 aromatic rings. The summed E-state index contributed by atoms with van der Waals surface area (Å²) in [6.07, 6.45) is 2.85. The quantitative estimate of drug-likeness (QED) is 0.756. The monoisotopic (exact) mass is 249 g/mol. The van der Waals surface area contributed by atoms with Crippen LogP contribution in [0.3, 0.4) is 0 Å². The van der Waals surface area contributed by atoms with Crippen molar-refractivity contribution in [2.45, 2.75) is 39.2 Å². The zero-order valence-electron chi connectivity index (χ0n) is 11.5. The molecule has 0 aliphatic carbocycles. The van der Waals surface area contributed by atoms with Crippen molar-refractivity contribution < 1.29 is 9.53 Å². The summed E-state index contributed by atoms with van der Waals surface area (Å²) in [6, 6.07) is 7.54. The first-order chi connectivity index (χ1) is 8.54. The number of ketones is 1. The highest BCUT2D eigenvalue weighted by Gasteiger charge is 2.15.